The zero-order valence-electron chi connectivity index (χ0n) is 11.9. The molecule has 1 fully saturated rings. The summed E-state index contributed by atoms with van der Waals surface area (Å²) in [6.07, 6.45) is 0. The minimum Gasteiger partial charge on any atom is -0.483 e. The Kier molecular flexibility index (Phi) is 4.43. The number of carbonyl (C=O) groups is 1. The van der Waals surface area contributed by atoms with Crippen LogP contribution in [0.5, 0.6) is 5.75 Å². The molecule has 0 atom stereocenters. The van der Waals surface area contributed by atoms with Crippen LogP contribution in [0.15, 0.2) is 12.1 Å². The lowest BCUT2D eigenvalue weighted by Gasteiger charge is -2.27. The van der Waals surface area contributed by atoms with Gasteiger partial charge in [0.2, 0.25) is 0 Å². The third-order valence-corrected chi connectivity index (χ3v) is 3.58. The van der Waals surface area contributed by atoms with Crippen LogP contribution in [0.3, 0.4) is 0 Å². The molecule has 4 heteroatoms. The molecular weight excluding hydrogens is 242 g/mol. The molecule has 0 spiro atoms. The number of rotatable bonds is 3. The van der Waals surface area contributed by atoms with Crippen molar-refractivity contribution in [2.45, 2.75) is 20.8 Å². The molecule has 0 saturated carbocycles. The molecule has 4 nitrogen and oxygen atoms in total. The van der Waals surface area contributed by atoms with Crippen LogP contribution in [0.1, 0.15) is 16.7 Å². The van der Waals surface area contributed by atoms with Gasteiger partial charge >= 0.3 is 0 Å². The Morgan fingerprint density at radius 1 is 1.21 bits per heavy atom. The third-order valence-electron chi connectivity index (χ3n) is 3.58. The molecule has 0 bridgehead atoms. The van der Waals surface area contributed by atoms with Crippen molar-refractivity contribution in [3.05, 3.63) is 28.8 Å². The van der Waals surface area contributed by atoms with E-state index in [9.17, 15) is 4.79 Å². The summed E-state index contributed by atoms with van der Waals surface area (Å²) in [5.41, 5.74) is 3.35. The summed E-state index contributed by atoms with van der Waals surface area (Å²) < 4.78 is 11.0. The number of ether oxygens (including phenoxy) is 2. The van der Waals surface area contributed by atoms with E-state index in [1.165, 1.54) is 5.56 Å². The summed E-state index contributed by atoms with van der Waals surface area (Å²) in [5, 5.41) is 0. The molecule has 2 rings (SSSR count). The quantitative estimate of drug-likeness (QED) is 0.835. The maximum absolute atomic E-state index is 12.0. The maximum atomic E-state index is 12.0. The van der Waals surface area contributed by atoms with Gasteiger partial charge < -0.3 is 14.4 Å². The van der Waals surface area contributed by atoms with Crippen molar-refractivity contribution in [3.8, 4) is 5.75 Å². The van der Waals surface area contributed by atoms with Crippen molar-refractivity contribution in [1.29, 1.82) is 0 Å². The summed E-state index contributed by atoms with van der Waals surface area (Å²) in [4.78, 5) is 13.8. The molecule has 1 aliphatic heterocycles. The second-order valence-corrected chi connectivity index (χ2v) is 4.94. The Morgan fingerprint density at radius 3 is 2.53 bits per heavy atom. The molecule has 1 amide bonds. The van der Waals surface area contributed by atoms with E-state index in [2.05, 4.69) is 6.07 Å². The van der Waals surface area contributed by atoms with Gasteiger partial charge in [-0.3, -0.25) is 4.79 Å². The normalized spacial score (nSPS) is 15.4. The monoisotopic (exact) mass is 263 g/mol. The first-order valence-electron chi connectivity index (χ1n) is 6.64. The van der Waals surface area contributed by atoms with E-state index in [0.717, 1.165) is 16.9 Å². The van der Waals surface area contributed by atoms with Crippen molar-refractivity contribution < 1.29 is 14.3 Å². The number of nitrogens with zero attached hydrogens (tertiary/aromatic N) is 1. The highest BCUT2D eigenvalue weighted by atomic mass is 16.5. The van der Waals surface area contributed by atoms with Gasteiger partial charge in [0.25, 0.3) is 5.91 Å². The lowest BCUT2D eigenvalue weighted by Crippen LogP contribution is -2.43. The van der Waals surface area contributed by atoms with Crippen molar-refractivity contribution in [2.24, 2.45) is 0 Å². The first-order valence-corrected chi connectivity index (χ1v) is 6.64. The predicted molar refractivity (Wildman–Crippen MR) is 73.5 cm³/mol. The molecular formula is C15H21NO3. The second kappa shape index (κ2) is 6.06. The van der Waals surface area contributed by atoms with Crippen LogP contribution in [0.25, 0.3) is 0 Å². The third kappa shape index (κ3) is 3.26. The lowest BCUT2D eigenvalue weighted by molar-refractivity contribution is -0.137. The van der Waals surface area contributed by atoms with Crippen LogP contribution in [-0.4, -0.2) is 43.7 Å². The zero-order valence-corrected chi connectivity index (χ0v) is 11.9. The summed E-state index contributed by atoms with van der Waals surface area (Å²) >= 11 is 0. The standard InChI is InChI=1S/C15H21NO3/c1-11-4-5-12(2)15(13(11)3)19-10-14(17)16-6-8-18-9-7-16/h4-5H,6-10H2,1-3H3. The van der Waals surface area contributed by atoms with Gasteiger partial charge in [-0.15, -0.1) is 0 Å². The molecule has 1 heterocycles. The molecule has 1 aliphatic rings. The SMILES string of the molecule is Cc1ccc(C)c(OCC(=O)N2CCOCC2)c1C. The highest BCUT2D eigenvalue weighted by molar-refractivity contribution is 5.78. The van der Waals surface area contributed by atoms with Crippen LogP contribution in [0.2, 0.25) is 0 Å². The largest absolute Gasteiger partial charge is 0.483 e. The molecule has 0 aliphatic carbocycles. The van der Waals surface area contributed by atoms with Crippen LogP contribution in [0.4, 0.5) is 0 Å². The number of hydrogen-bond acceptors (Lipinski definition) is 3. The predicted octanol–water partition coefficient (Wildman–Crippen LogP) is 1.85. The molecule has 0 unspecified atom stereocenters. The molecule has 104 valence electrons. The topological polar surface area (TPSA) is 38.8 Å². The van der Waals surface area contributed by atoms with Crippen LogP contribution < -0.4 is 4.74 Å². The lowest BCUT2D eigenvalue weighted by atomic mass is 10.1. The number of amides is 1. The van der Waals surface area contributed by atoms with E-state index in [0.29, 0.717) is 26.3 Å². The van der Waals surface area contributed by atoms with Gasteiger partial charge in [-0.05, 0) is 37.5 Å². The highest BCUT2D eigenvalue weighted by Crippen LogP contribution is 2.25. The number of hydrogen-bond donors (Lipinski definition) is 0. The fourth-order valence-electron chi connectivity index (χ4n) is 2.19. The second-order valence-electron chi connectivity index (χ2n) is 4.94. The number of morpholine rings is 1. The summed E-state index contributed by atoms with van der Waals surface area (Å²) in [6, 6.07) is 4.10. The molecule has 0 N–H and O–H groups in total. The molecule has 19 heavy (non-hydrogen) atoms. The Labute approximate surface area is 114 Å². The van der Waals surface area contributed by atoms with E-state index in [4.69, 9.17) is 9.47 Å². The number of benzene rings is 1. The van der Waals surface area contributed by atoms with Gasteiger partial charge in [0.15, 0.2) is 6.61 Å². The van der Waals surface area contributed by atoms with Crippen molar-refractivity contribution in [2.75, 3.05) is 32.9 Å². The molecule has 1 aromatic carbocycles. The highest BCUT2D eigenvalue weighted by Gasteiger charge is 2.18. The first kappa shape index (κ1) is 13.9. The van der Waals surface area contributed by atoms with E-state index in [-0.39, 0.29) is 12.5 Å². The average Bonchev–Trinajstić information content (AvgIpc) is 2.44. The van der Waals surface area contributed by atoms with Gasteiger partial charge in [0.1, 0.15) is 5.75 Å². The smallest absolute Gasteiger partial charge is 0.260 e. The Bertz CT molecular complexity index is 465. The fourth-order valence-corrected chi connectivity index (χ4v) is 2.19. The molecule has 0 radical (unpaired) electrons. The van der Waals surface area contributed by atoms with Gasteiger partial charge in [-0.1, -0.05) is 12.1 Å². The Morgan fingerprint density at radius 2 is 1.84 bits per heavy atom. The summed E-state index contributed by atoms with van der Waals surface area (Å²) in [7, 11) is 0. The van der Waals surface area contributed by atoms with Gasteiger partial charge in [-0.25, -0.2) is 0 Å². The van der Waals surface area contributed by atoms with Crippen LogP contribution in [0, 0.1) is 20.8 Å². The maximum Gasteiger partial charge on any atom is 0.260 e. The van der Waals surface area contributed by atoms with Crippen LogP contribution >= 0.6 is 0 Å². The summed E-state index contributed by atoms with van der Waals surface area (Å²) in [5.74, 6) is 0.866. The number of aryl methyl sites for hydroxylation is 2. The van der Waals surface area contributed by atoms with Gasteiger partial charge in [0.05, 0.1) is 13.2 Å². The van der Waals surface area contributed by atoms with Crippen LogP contribution in [-0.2, 0) is 9.53 Å². The average molecular weight is 263 g/mol. The molecule has 1 saturated heterocycles. The Hall–Kier alpha value is -1.55. The van der Waals surface area contributed by atoms with E-state index < -0.39 is 0 Å². The zero-order chi connectivity index (χ0) is 13.8. The van der Waals surface area contributed by atoms with Crippen molar-refractivity contribution >= 4 is 5.91 Å². The van der Waals surface area contributed by atoms with Crippen molar-refractivity contribution in [1.82, 2.24) is 4.90 Å². The van der Waals surface area contributed by atoms with Crippen molar-refractivity contribution in [3.63, 3.8) is 0 Å². The number of carbonyl (C=O) groups excluding carboxylic acids is 1. The fraction of sp³-hybridized carbons (Fsp3) is 0.533. The molecule has 0 aromatic heterocycles. The molecule has 1 aromatic rings. The van der Waals surface area contributed by atoms with Gasteiger partial charge in [0, 0.05) is 13.1 Å². The van der Waals surface area contributed by atoms with E-state index in [1.54, 1.807) is 4.90 Å². The van der Waals surface area contributed by atoms with E-state index in [1.807, 2.05) is 26.8 Å². The van der Waals surface area contributed by atoms with E-state index >= 15 is 0 Å². The van der Waals surface area contributed by atoms with Gasteiger partial charge in [-0.2, -0.15) is 0 Å². The first-order chi connectivity index (χ1) is 9.09. The summed E-state index contributed by atoms with van der Waals surface area (Å²) in [6.45, 7) is 8.73. The Balaban J connectivity index is 1.98. The minimum absolute atomic E-state index is 0.0311. The minimum atomic E-state index is 0.0311.